The predicted octanol–water partition coefficient (Wildman–Crippen LogP) is 2.44. The summed E-state index contributed by atoms with van der Waals surface area (Å²) < 4.78 is 0. The molecule has 4 amide bonds. The van der Waals surface area contributed by atoms with Gasteiger partial charge >= 0.3 is 0 Å². The van der Waals surface area contributed by atoms with Crippen LogP contribution in [0.3, 0.4) is 0 Å². The Morgan fingerprint density at radius 2 is 1.76 bits per heavy atom. The molecule has 0 aromatic rings. The second-order valence-corrected chi connectivity index (χ2v) is 9.52. The van der Waals surface area contributed by atoms with E-state index < -0.39 is 5.92 Å². The molecule has 3 aliphatic rings. The number of allylic oxidation sites excluding steroid dienone is 1. The molecule has 1 saturated carbocycles. The molecule has 0 aromatic heterocycles. The van der Waals surface area contributed by atoms with Gasteiger partial charge in [-0.2, -0.15) is 0 Å². The summed E-state index contributed by atoms with van der Waals surface area (Å²) in [5, 5.41) is 3.08. The number of likely N-dealkylation sites (N-methyl/N-ethyl adjacent to an activating group) is 1. The second kappa shape index (κ2) is 11.7. The number of hydrogen-bond donors (Lipinski definition) is 1. The van der Waals surface area contributed by atoms with Crippen molar-refractivity contribution in [2.75, 3.05) is 32.7 Å². The van der Waals surface area contributed by atoms with Gasteiger partial charge in [-0.05, 0) is 52.9 Å². The average Bonchev–Trinajstić information content (AvgIpc) is 3.45. The Hall–Kier alpha value is -2.38. The Kier molecular flexibility index (Phi) is 8.92. The summed E-state index contributed by atoms with van der Waals surface area (Å²) in [5.41, 5.74) is 1.33. The zero-order valence-corrected chi connectivity index (χ0v) is 20.5. The van der Waals surface area contributed by atoms with Crippen LogP contribution in [0.15, 0.2) is 11.3 Å². The lowest BCUT2D eigenvalue weighted by Crippen LogP contribution is -2.46. The monoisotopic (exact) mass is 460 g/mol. The summed E-state index contributed by atoms with van der Waals surface area (Å²) in [6, 6.07) is 0.208. The summed E-state index contributed by atoms with van der Waals surface area (Å²) >= 11 is 0. The lowest BCUT2D eigenvalue weighted by atomic mass is 9.88. The number of rotatable bonds is 10. The van der Waals surface area contributed by atoms with Crippen LogP contribution in [0.25, 0.3) is 0 Å². The first kappa shape index (κ1) is 25.2. The number of carbonyl (C=O) groups is 4. The maximum atomic E-state index is 13.4. The molecule has 0 bridgehead atoms. The highest BCUT2D eigenvalue weighted by Gasteiger charge is 2.37. The van der Waals surface area contributed by atoms with Crippen LogP contribution in [0.2, 0.25) is 0 Å². The normalized spacial score (nSPS) is 21.8. The van der Waals surface area contributed by atoms with Crippen molar-refractivity contribution in [1.82, 2.24) is 20.0 Å². The molecule has 0 radical (unpaired) electrons. The number of carbonyl (C=O) groups excluding carboxylic acids is 4. The highest BCUT2D eigenvalue weighted by Crippen LogP contribution is 2.31. The van der Waals surface area contributed by atoms with Crippen LogP contribution in [0.4, 0.5) is 0 Å². The first-order valence-electron chi connectivity index (χ1n) is 12.7. The first-order valence-corrected chi connectivity index (χ1v) is 12.7. The molecule has 184 valence electrons. The van der Waals surface area contributed by atoms with Gasteiger partial charge in [0, 0.05) is 62.9 Å². The number of nitrogens with one attached hydrogen (secondary N) is 1. The molecular weight excluding hydrogens is 420 g/mol. The number of nitrogens with zero attached hydrogens (tertiary/aromatic N) is 3. The summed E-state index contributed by atoms with van der Waals surface area (Å²) in [5.74, 6) is -0.593. The third kappa shape index (κ3) is 6.15. The second-order valence-electron chi connectivity index (χ2n) is 9.52. The van der Waals surface area contributed by atoms with E-state index in [0.717, 1.165) is 38.6 Å². The minimum atomic E-state index is -0.530. The van der Waals surface area contributed by atoms with Gasteiger partial charge in [0.2, 0.25) is 17.7 Å². The van der Waals surface area contributed by atoms with Crippen molar-refractivity contribution >= 4 is 23.6 Å². The highest BCUT2D eigenvalue weighted by atomic mass is 16.2. The predicted molar refractivity (Wildman–Crippen MR) is 126 cm³/mol. The largest absolute Gasteiger partial charge is 0.353 e. The zero-order chi connectivity index (χ0) is 24.0. The minimum absolute atomic E-state index is 0.0501. The third-order valence-electron chi connectivity index (χ3n) is 7.35. The van der Waals surface area contributed by atoms with Gasteiger partial charge in [-0.15, -0.1) is 0 Å². The molecule has 1 atom stereocenters. The molecule has 2 aliphatic heterocycles. The zero-order valence-electron chi connectivity index (χ0n) is 20.5. The van der Waals surface area contributed by atoms with Crippen LogP contribution < -0.4 is 5.32 Å². The van der Waals surface area contributed by atoms with Crippen LogP contribution in [-0.4, -0.2) is 77.1 Å². The SMILES string of the molecule is CCN(CC)C(=O)C1=C(C)N(CCCN2CCCC2=O)C(=O)C(CC(=O)NC2CCCC2)C1. The molecule has 3 rings (SSSR count). The van der Waals surface area contributed by atoms with Crippen LogP contribution in [0.1, 0.15) is 78.6 Å². The van der Waals surface area contributed by atoms with Crippen molar-refractivity contribution < 1.29 is 19.2 Å². The van der Waals surface area contributed by atoms with E-state index in [0.29, 0.717) is 56.7 Å². The van der Waals surface area contributed by atoms with E-state index >= 15 is 0 Å². The quantitative estimate of drug-likeness (QED) is 0.542. The van der Waals surface area contributed by atoms with Crippen LogP contribution >= 0.6 is 0 Å². The van der Waals surface area contributed by atoms with Gasteiger partial charge in [-0.3, -0.25) is 19.2 Å². The molecule has 2 fully saturated rings. The van der Waals surface area contributed by atoms with Gasteiger partial charge in [0.1, 0.15) is 0 Å². The summed E-state index contributed by atoms with van der Waals surface area (Å²) in [7, 11) is 0. The summed E-state index contributed by atoms with van der Waals surface area (Å²) in [4.78, 5) is 56.6. The summed E-state index contributed by atoms with van der Waals surface area (Å²) in [6.45, 7) is 8.77. The molecule has 1 N–H and O–H groups in total. The molecule has 1 saturated heterocycles. The standard InChI is InChI=1S/C25H40N4O4/c1-4-27(5-2)25(33)21-16-19(17-22(30)26-20-10-6-7-11-20)24(32)29(18(21)3)15-9-14-28-13-8-12-23(28)31/h19-20H,4-17H2,1-3H3,(H,26,30). The Morgan fingerprint density at radius 3 is 2.36 bits per heavy atom. The van der Waals surface area contributed by atoms with Gasteiger partial charge in [-0.25, -0.2) is 0 Å². The van der Waals surface area contributed by atoms with E-state index in [1.165, 1.54) is 0 Å². The molecular formula is C25H40N4O4. The molecule has 8 heteroatoms. The maximum absolute atomic E-state index is 13.4. The van der Waals surface area contributed by atoms with Crippen molar-refractivity contribution in [2.24, 2.45) is 5.92 Å². The van der Waals surface area contributed by atoms with E-state index in [9.17, 15) is 19.2 Å². The lowest BCUT2D eigenvalue weighted by Gasteiger charge is -2.36. The number of likely N-dealkylation sites (tertiary alicyclic amines) is 1. The molecule has 0 aromatic carbocycles. The van der Waals surface area contributed by atoms with Crippen molar-refractivity contribution in [3.63, 3.8) is 0 Å². The van der Waals surface area contributed by atoms with Crippen molar-refractivity contribution in [3.8, 4) is 0 Å². The molecule has 1 unspecified atom stereocenters. The van der Waals surface area contributed by atoms with Gasteiger partial charge < -0.3 is 20.0 Å². The van der Waals surface area contributed by atoms with E-state index in [1.807, 2.05) is 25.7 Å². The fraction of sp³-hybridized carbons (Fsp3) is 0.760. The molecule has 33 heavy (non-hydrogen) atoms. The van der Waals surface area contributed by atoms with Crippen molar-refractivity contribution in [2.45, 2.75) is 84.6 Å². The van der Waals surface area contributed by atoms with Gasteiger partial charge in [0.25, 0.3) is 5.91 Å². The van der Waals surface area contributed by atoms with Gasteiger partial charge in [0.15, 0.2) is 0 Å². The Bertz CT molecular complexity index is 783. The smallest absolute Gasteiger partial charge is 0.251 e. The molecule has 0 spiro atoms. The number of hydrogen-bond acceptors (Lipinski definition) is 4. The van der Waals surface area contributed by atoms with Crippen LogP contribution in [0.5, 0.6) is 0 Å². The fourth-order valence-corrected chi connectivity index (χ4v) is 5.35. The van der Waals surface area contributed by atoms with Gasteiger partial charge in [0.05, 0.1) is 5.92 Å². The van der Waals surface area contributed by atoms with E-state index in [-0.39, 0.29) is 36.1 Å². The third-order valence-corrected chi connectivity index (χ3v) is 7.35. The van der Waals surface area contributed by atoms with E-state index in [2.05, 4.69) is 5.32 Å². The highest BCUT2D eigenvalue weighted by molar-refractivity contribution is 5.98. The van der Waals surface area contributed by atoms with Crippen molar-refractivity contribution in [1.29, 1.82) is 0 Å². The first-order chi connectivity index (χ1) is 15.8. The fourth-order valence-electron chi connectivity index (χ4n) is 5.35. The van der Waals surface area contributed by atoms with Crippen molar-refractivity contribution in [3.05, 3.63) is 11.3 Å². The molecule has 8 nitrogen and oxygen atoms in total. The maximum Gasteiger partial charge on any atom is 0.251 e. The minimum Gasteiger partial charge on any atom is -0.353 e. The molecule has 2 heterocycles. The Labute approximate surface area is 197 Å². The average molecular weight is 461 g/mol. The van der Waals surface area contributed by atoms with Crippen LogP contribution in [-0.2, 0) is 19.2 Å². The molecule has 1 aliphatic carbocycles. The Balaban J connectivity index is 1.72. The van der Waals surface area contributed by atoms with Gasteiger partial charge in [-0.1, -0.05) is 12.8 Å². The topological polar surface area (TPSA) is 90.0 Å². The lowest BCUT2D eigenvalue weighted by molar-refractivity contribution is -0.139. The van der Waals surface area contributed by atoms with E-state index in [1.54, 1.807) is 9.80 Å². The van der Waals surface area contributed by atoms with E-state index in [4.69, 9.17) is 0 Å². The summed E-state index contributed by atoms with van der Waals surface area (Å²) in [6.07, 6.45) is 6.81. The number of amides is 4. The Morgan fingerprint density at radius 1 is 1.06 bits per heavy atom. The van der Waals surface area contributed by atoms with Crippen LogP contribution in [0, 0.1) is 5.92 Å².